The largest absolute Gasteiger partial charge is 0.357 e. The fourth-order valence-corrected chi connectivity index (χ4v) is 2.77. The SMILES string of the molecule is CCNC(=NCc1ccccc1F)NCC(C)N1CCN(C)CC1.I. The van der Waals surface area contributed by atoms with Crippen molar-refractivity contribution in [3.63, 3.8) is 0 Å². The molecule has 1 aromatic carbocycles. The van der Waals surface area contributed by atoms with Gasteiger partial charge in [0.2, 0.25) is 0 Å². The van der Waals surface area contributed by atoms with E-state index in [1.54, 1.807) is 12.1 Å². The lowest BCUT2D eigenvalue weighted by Crippen LogP contribution is -2.52. The van der Waals surface area contributed by atoms with Gasteiger partial charge in [0.1, 0.15) is 5.82 Å². The van der Waals surface area contributed by atoms with Gasteiger partial charge in [-0.15, -0.1) is 24.0 Å². The van der Waals surface area contributed by atoms with Crippen molar-refractivity contribution in [2.45, 2.75) is 26.4 Å². The molecule has 1 unspecified atom stereocenters. The average Bonchev–Trinajstić information content (AvgIpc) is 2.59. The summed E-state index contributed by atoms with van der Waals surface area (Å²) in [4.78, 5) is 9.35. The summed E-state index contributed by atoms with van der Waals surface area (Å²) >= 11 is 0. The number of hydrogen-bond acceptors (Lipinski definition) is 3. The maximum atomic E-state index is 13.7. The number of guanidine groups is 1. The highest BCUT2D eigenvalue weighted by Crippen LogP contribution is 2.07. The standard InChI is InChI=1S/C18H30FN5.HI/c1-4-20-18(22-14-16-7-5-6-8-17(16)19)21-13-15(2)24-11-9-23(3)10-12-24;/h5-8,15H,4,9-14H2,1-3H3,(H2,20,21,22);1H. The van der Waals surface area contributed by atoms with E-state index in [1.165, 1.54) is 6.07 Å². The Bertz CT molecular complexity index is 532. The number of rotatable bonds is 6. The zero-order valence-electron chi connectivity index (χ0n) is 15.5. The molecule has 25 heavy (non-hydrogen) atoms. The van der Waals surface area contributed by atoms with Gasteiger partial charge in [-0.05, 0) is 27.0 Å². The van der Waals surface area contributed by atoms with E-state index >= 15 is 0 Å². The molecule has 1 aliphatic heterocycles. The fourth-order valence-electron chi connectivity index (χ4n) is 2.77. The van der Waals surface area contributed by atoms with Gasteiger partial charge in [0.05, 0.1) is 6.54 Å². The molecule has 1 atom stereocenters. The zero-order valence-corrected chi connectivity index (χ0v) is 17.8. The monoisotopic (exact) mass is 463 g/mol. The third kappa shape index (κ3) is 7.45. The molecule has 142 valence electrons. The van der Waals surface area contributed by atoms with Gasteiger partial charge in [0, 0.05) is 50.9 Å². The Morgan fingerprint density at radius 2 is 1.88 bits per heavy atom. The van der Waals surface area contributed by atoms with E-state index < -0.39 is 0 Å². The number of halogens is 2. The van der Waals surface area contributed by atoms with E-state index in [1.807, 2.05) is 13.0 Å². The summed E-state index contributed by atoms with van der Waals surface area (Å²) in [7, 11) is 2.17. The minimum absolute atomic E-state index is 0. The van der Waals surface area contributed by atoms with Crippen molar-refractivity contribution >= 4 is 29.9 Å². The molecule has 0 saturated carbocycles. The van der Waals surface area contributed by atoms with E-state index in [-0.39, 0.29) is 29.8 Å². The van der Waals surface area contributed by atoms with Gasteiger partial charge in [-0.25, -0.2) is 9.38 Å². The number of likely N-dealkylation sites (N-methyl/N-ethyl adjacent to an activating group) is 1. The summed E-state index contributed by atoms with van der Waals surface area (Å²) in [5.74, 6) is 0.532. The highest BCUT2D eigenvalue weighted by atomic mass is 127. The maximum absolute atomic E-state index is 13.7. The van der Waals surface area contributed by atoms with E-state index in [0.29, 0.717) is 18.2 Å². The number of nitrogens with one attached hydrogen (secondary N) is 2. The maximum Gasteiger partial charge on any atom is 0.191 e. The molecule has 1 aromatic rings. The summed E-state index contributed by atoms with van der Waals surface area (Å²) in [5.41, 5.74) is 0.613. The first-order valence-corrected chi connectivity index (χ1v) is 8.78. The molecule has 5 nitrogen and oxygen atoms in total. The number of nitrogens with zero attached hydrogens (tertiary/aromatic N) is 3. The molecule has 1 fully saturated rings. The molecular formula is C18H31FIN5. The summed E-state index contributed by atoms with van der Waals surface area (Å²) in [5, 5.41) is 6.61. The molecule has 2 rings (SSSR count). The van der Waals surface area contributed by atoms with Crippen molar-refractivity contribution < 1.29 is 4.39 Å². The van der Waals surface area contributed by atoms with Crippen molar-refractivity contribution in [1.29, 1.82) is 0 Å². The molecule has 0 spiro atoms. The molecule has 1 heterocycles. The van der Waals surface area contributed by atoms with Gasteiger partial charge < -0.3 is 15.5 Å². The predicted molar refractivity (Wildman–Crippen MR) is 113 cm³/mol. The lowest BCUT2D eigenvalue weighted by atomic mass is 10.2. The van der Waals surface area contributed by atoms with Crippen LogP contribution in [0.25, 0.3) is 0 Å². The van der Waals surface area contributed by atoms with Crippen LogP contribution in [0.5, 0.6) is 0 Å². The van der Waals surface area contributed by atoms with Crippen molar-refractivity contribution in [3.05, 3.63) is 35.6 Å². The van der Waals surface area contributed by atoms with Crippen molar-refractivity contribution in [3.8, 4) is 0 Å². The van der Waals surface area contributed by atoms with Crippen LogP contribution in [-0.4, -0.2) is 68.1 Å². The average molecular weight is 463 g/mol. The van der Waals surface area contributed by atoms with Gasteiger partial charge in [-0.3, -0.25) is 4.90 Å². The molecule has 0 aromatic heterocycles. The highest BCUT2D eigenvalue weighted by Gasteiger charge is 2.19. The van der Waals surface area contributed by atoms with Crippen LogP contribution in [0.4, 0.5) is 4.39 Å². The van der Waals surface area contributed by atoms with Crippen molar-refractivity contribution in [1.82, 2.24) is 20.4 Å². The quantitative estimate of drug-likeness (QED) is 0.386. The number of aliphatic imine (C=N–C) groups is 1. The van der Waals surface area contributed by atoms with Crippen LogP contribution in [-0.2, 0) is 6.54 Å². The number of hydrogen-bond donors (Lipinski definition) is 2. The van der Waals surface area contributed by atoms with Crippen LogP contribution in [0, 0.1) is 5.82 Å². The Hall–Kier alpha value is -0.930. The molecule has 2 N–H and O–H groups in total. The molecule has 0 amide bonds. The van der Waals surface area contributed by atoms with Crippen molar-refractivity contribution in [2.75, 3.05) is 46.3 Å². The first-order chi connectivity index (χ1) is 11.6. The smallest absolute Gasteiger partial charge is 0.191 e. The van der Waals surface area contributed by atoms with Crippen LogP contribution in [0.15, 0.2) is 29.3 Å². The summed E-state index contributed by atoms with van der Waals surface area (Å²) in [6.45, 7) is 10.6. The summed E-state index contributed by atoms with van der Waals surface area (Å²) < 4.78 is 13.7. The third-order valence-electron chi connectivity index (χ3n) is 4.44. The minimum Gasteiger partial charge on any atom is -0.357 e. The second kappa shape index (κ2) is 11.6. The zero-order chi connectivity index (χ0) is 17.4. The summed E-state index contributed by atoms with van der Waals surface area (Å²) in [6, 6.07) is 7.22. The van der Waals surface area contributed by atoms with E-state index in [9.17, 15) is 4.39 Å². The Labute approximate surface area is 168 Å². The topological polar surface area (TPSA) is 42.9 Å². The van der Waals surface area contributed by atoms with Crippen molar-refractivity contribution in [2.24, 2.45) is 4.99 Å². The lowest BCUT2D eigenvalue weighted by Gasteiger charge is -2.36. The van der Waals surface area contributed by atoms with E-state index in [2.05, 4.69) is 39.4 Å². The first-order valence-electron chi connectivity index (χ1n) is 8.78. The molecule has 0 bridgehead atoms. The molecule has 0 aliphatic carbocycles. The second-order valence-electron chi connectivity index (χ2n) is 6.36. The molecule has 7 heteroatoms. The molecule has 0 radical (unpaired) electrons. The van der Waals surface area contributed by atoms with Crippen LogP contribution < -0.4 is 10.6 Å². The first kappa shape index (κ1) is 22.1. The second-order valence-corrected chi connectivity index (χ2v) is 6.36. The minimum atomic E-state index is -0.206. The molecule has 1 saturated heterocycles. The van der Waals surface area contributed by atoms with Gasteiger partial charge in [0.15, 0.2) is 5.96 Å². The summed E-state index contributed by atoms with van der Waals surface area (Å²) in [6.07, 6.45) is 0. The predicted octanol–water partition coefficient (Wildman–Crippen LogP) is 2.13. The van der Waals surface area contributed by atoms with Gasteiger partial charge >= 0.3 is 0 Å². The van der Waals surface area contributed by atoms with Gasteiger partial charge in [-0.2, -0.15) is 0 Å². The van der Waals surface area contributed by atoms with Crippen LogP contribution in [0.2, 0.25) is 0 Å². The lowest BCUT2D eigenvalue weighted by molar-refractivity contribution is 0.120. The Balaban J connectivity index is 0.00000312. The Morgan fingerprint density at radius 1 is 1.20 bits per heavy atom. The third-order valence-corrected chi connectivity index (χ3v) is 4.44. The molecule has 1 aliphatic rings. The van der Waals surface area contributed by atoms with E-state index in [4.69, 9.17) is 0 Å². The normalized spacial score (nSPS) is 17.7. The number of piperazine rings is 1. The van der Waals surface area contributed by atoms with Gasteiger partial charge in [0.25, 0.3) is 0 Å². The number of benzene rings is 1. The van der Waals surface area contributed by atoms with Crippen LogP contribution >= 0.6 is 24.0 Å². The molecular weight excluding hydrogens is 432 g/mol. The Morgan fingerprint density at radius 3 is 2.52 bits per heavy atom. The van der Waals surface area contributed by atoms with Crippen LogP contribution in [0.1, 0.15) is 19.4 Å². The van der Waals surface area contributed by atoms with Crippen LogP contribution in [0.3, 0.4) is 0 Å². The highest BCUT2D eigenvalue weighted by molar-refractivity contribution is 14.0. The van der Waals surface area contributed by atoms with Gasteiger partial charge in [-0.1, -0.05) is 18.2 Å². The van der Waals surface area contributed by atoms with E-state index in [0.717, 1.165) is 45.2 Å². The Kier molecular flexibility index (Phi) is 10.3. The fraction of sp³-hybridized carbons (Fsp3) is 0.611.